The summed E-state index contributed by atoms with van der Waals surface area (Å²) in [7, 11) is 0. The number of aromatic nitrogens is 4. The predicted molar refractivity (Wildman–Crippen MR) is 78.4 cm³/mol. The maximum absolute atomic E-state index is 12.6. The number of nitrogens with one attached hydrogen (secondary N) is 1. The third-order valence-electron chi connectivity index (χ3n) is 4.09. The molecule has 8 heteroatoms. The number of imidazole rings is 1. The molecule has 2 aromatic heterocycles. The fraction of sp³-hybridized carbons (Fsp3) is 0.467. The van der Waals surface area contributed by atoms with Crippen LogP contribution in [0.1, 0.15) is 36.2 Å². The molecule has 1 aliphatic rings. The van der Waals surface area contributed by atoms with Crippen molar-refractivity contribution in [3.8, 4) is 5.82 Å². The standard InChI is InChI=1S/C15H17F2N5O/c16-14(17)10-1-3-11(4-2-10)20-15(23)12-7-19-8-13(21-12)22-6-5-18-9-22/h5-11,14H,1-4H2,(H,20,23). The van der Waals surface area contributed by atoms with E-state index in [0.717, 1.165) is 0 Å². The Morgan fingerprint density at radius 1 is 1.22 bits per heavy atom. The molecule has 0 spiro atoms. The zero-order valence-electron chi connectivity index (χ0n) is 12.4. The van der Waals surface area contributed by atoms with E-state index in [0.29, 0.717) is 31.5 Å². The van der Waals surface area contributed by atoms with E-state index < -0.39 is 12.3 Å². The van der Waals surface area contributed by atoms with Crippen LogP contribution in [0.2, 0.25) is 0 Å². The lowest BCUT2D eigenvalue weighted by molar-refractivity contribution is 0.0499. The van der Waals surface area contributed by atoms with Gasteiger partial charge in [0.15, 0.2) is 5.82 Å². The van der Waals surface area contributed by atoms with Gasteiger partial charge in [-0.2, -0.15) is 0 Å². The maximum atomic E-state index is 12.6. The third-order valence-corrected chi connectivity index (χ3v) is 4.09. The van der Waals surface area contributed by atoms with Crippen LogP contribution in [0.5, 0.6) is 0 Å². The molecule has 1 fully saturated rings. The highest BCUT2D eigenvalue weighted by molar-refractivity contribution is 5.92. The summed E-state index contributed by atoms with van der Waals surface area (Å²) in [4.78, 5) is 24.5. The van der Waals surface area contributed by atoms with Crippen molar-refractivity contribution in [3.63, 3.8) is 0 Å². The van der Waals surface area contributed by atoms with Crippen molar-refractivity contribution in [2.24, 2.45) is 5.92 Å². The Labute approximate surface area is 132 Å². The van der Waals surface area contributed by atoms with E-state index in [1.54, 1.807) is 23.3 Å². The molecule has 1 N–H and O–H groups in total. The maximum Gasteiger partial charge on any atom is 0.271 e. The first-order valence-electron chi connectivity index (χ1n) is 7.53. The molecular weight excluding hydrogens is 304 g/mol. The van der Waals surface area contributed by atoms with Crippen molar-refractivity contribution >= 4 is 5.91 Å². The fourth-order valence-corrected chi connectivity index (χ4v) is 2.76. The number of rotatable bonds is 4. The van der Waals surface area contributed by atoms with Crippen LogP contribution in [0.25, 0.3) is 5.82 Å². The highest BCUT2D eigenvalue weighted by Crippen LogP contribution is 2.29. The molecule has 1 saturated carbocycles. The van der Waals surface area contributed by atoms with E-state index in [-0.39, 0.29) is 17.6 Å². The average molecular weight is 321 g/mol. The highest BCUT2D eigenvalue weighted by atomic mass is 19.3. The monoisotopic (exact) mass is 321 g/mol. The molecular formula is C15H17F2N5O. The second-order valence-electron chi connectivity index (χ2n) is 5.65. The summed E-state index contributed by atoms with van der Waals surface area (Å²) in [5, 5.41) is 2.86. The van der Waals surface area contributed by atoms with E-state index >= 15 is 0 Å². The Morgan fingerprint density at radius 2 is 2.00 bits per heavy atom. The topological polar surface area (TPSA) is 72.7 Å². The van der Waals surface area contributed by atoms with Gasteiger partial charge in [0.1, 0.15) is 12.0 Å². The predicted octanol–water partition coefficient (Wildman–Crippen LogP) is 2.22. The molecule has 0 saturated heterocycles. The molecule has 122 valence electrons. The lowest BCUT2D eigenvalue weighted by Crippen LogP contribution is -2.39. The van der Waals surface area contributed by atoms with Gasteiger partial charge in [0.25, 0.3) is 5.91 Å². The van der Waals surface area contributed by atoms with Crippen molar-refractivity contribution in [1.82, 2.24) is 24.8 Å². The van der Waals surface area contributed by atoms with Gasteiger partial charge in [0.2, 0.25) is 6.43 Å². The molecule has 0 aliphatic heterocycles. The van der Waals surface area contributed by atoms with Crippen LogP contribution in [-0.4, -0.2) is 37.9 Å². The molecule has 1 aliphatic carbocycles. The minimum absolute atomic E-state index is 0.0869. The summed E-state index contributed by atoms with van der Waals surface area (Å²) >= 11 is 0. The Balaban J connectivity index is 1.62. The normalized spacial score (nSPS) is 21.3. The number of hydrogen-bond acceptors (Lipinski definition) is 4. The molecule has 2 heterocycles. The quantitative estimate of drug-likeness (QED) is 0.937. The van der Waals surface area contributed by atoms with E-state index in [9.17, 15) is 13.6 Å². The van der Waals surface area contributed by atoms with Gasteiger partial charge in [-0.05, 0) is 25.7 Å². The van der Waals surface area contributed by atoms with Gasteiger partial charge in [-0.3, -0.25) is 14.3 Å². The summed E-state index contributed by atoms with van der Waals surface area (Å²) in [6.07, 6.45) is 7.53. The van der Waals surface area contributed by atoms with Crippen LogP contribution < -0.4 is 5.32 Å². The first-order valence-corrected chi connectivity index (χ1v) is 7.53. The summed E-state index contributed by atoms with van der Waals surface area (Å²) in [5.74, 6) is -0.385. The minimum Gasteiger partial charge on any atom is -0.348 e. The SMILES string of the molecule is O=C(NC1CCC(C(F)F)CC1)c1cncc(-n2ccnc2)n1. The van der Waals surface area contributed by atoms with Gasteiger partial charge >= 0.3 is 0 Å². The number of carbonyl (C=O) groups excluding carboxylic acids is 1. The average Bonchev–Trinajstić information content (AvgIpc) is 3.10. The number of carbonyl (C=O) groups is 1. The zero-order chi connectivity index (χ0) is 16.2. The number of amides is 1. The van der Waals surface area contributed by atoms with Crippen molar-refractivity contribution in [3.05, 3.63) is 36.8 Å². The smallest absolute Gasteiger partial charge is 0.271 e. The number of hydrogen-bond donors (Lipinski definition) is 1. The largest absolute Gasteiger partial charge is 0.348 e. The minimum atomic E-state index is -2.27. The van der Waals surface area contributed by atoms with E-state index in [1.165, 1.54) is 12.4 Å². The molecule has 6 nitrogen and oxygen atoms in total. The molecule has 0 radical (unpaired) electrons. The van der Waals surface area contributed by atoms with Crippen LogP contribution in [0, 0.1) is 5.92 Å². The van der Waals surface area contributed by atoms with Gasteiger partial charge in [-0.1, -0.05) is 0 Å². The van der Waals surface area contributed by atoms with Crippen LogP contribution in [-0.2, 0) is 0 Å². The van der Waals surface area contributed by atoms with E-state index in [4.69, 9.17) is 0 Å². The van der Waals surface area contributed by atoms with Crippen LogP contribution >= 0.6 is 0 Å². The summed E-state index contributed by atoms with van der Waals surface area (Å²) < 4.78 is 26.9. The lowest BCUT2D eigenvalue weighted by Gasteiger charge is -2.28. The number of nitrogens with zero attached hydrogens (tertiary/aromatic N) is 4. The van der Waals surface area contributed by atoms with Crippen LogP contribution in [0.15, 0.2) is 31.1 Å². The van der Waals surface area contributed by atoms with Crippen molar-refractivity contribution in [2.45, 2.75) is 38.2 Å². The van der Waals surface area contributed by atoms with Gasteiger partial charge in [-0.25, -0.2) is 18.7 Å². The summed E-state index contributed by atoms with van der Waals surface area (Å²) in [6.45, 7) is 0. The van der Waals surface area contributed by atoms with Crippen LogP contribution in [0.4, 0.5) is 8.78 Å². The van der Waals surface area contributed by atoms with E-state index in [2.05, 4.69) is 20.3 Å². The van der Waals surface area contributed by atoms with E-state index in [1.807, 2.05) is 0 Å². The zero-order valence-corrected chi connectivity index (χ0v) is 12.4. The van der Waals surface area contributed by atoms with Gasteiger partial charge < -0.3 is 5.32 Å². The van der Waals surface area contributed by atoms with Gasteiger partial charge in [-0.15, -0.1) is 0 Å². The summed E-state index contributed by atoms with van der Waals surface area (Å²) in [5.41, 5.74) is 0.201. The Bertz CT molecular complexity index is 654. The first-order chi connectivity index (χ1) is 11.1. The molecule has 0 unspecified atom stereocenters. The number of halogens is 2. The second kappa shape index (κ2) is 6.80. The Kier molecular flexibility index (Phi) is 4.59. The van der Waals surface area contributed by atoms with Crippen molar-refractivity contribution < 1.29 is 13.6 Å². The Hall–Kier alpha value is -2.38. The molecule has 0 atom stereocenters. The summed E-state index contributed by atoms with van der Waals surface area (Å²) in [6, 6.07) is -0.0869. The highest BCUT2D eigenvalue weighted by Gasteiger charge is 2.28. The Morgan fingerprint density at radius 3 is 2.65 bits per heavy atom. The molecule has 0 bridgehead atoms. The van der Waals surface area contributed by atoms with Crippen molar-refractivity contribution in [2.75, 3.05) is 0 Å². The molecule has 23 heavy (non-hydrogen) atoms. The molecule has 3 rings (SSSR count). The molecule has 0 aromatic carbocycles. The first kappa shape index (κ1) is 15.5. The fourth-order valence-electron chi connectivity index (χ4n) is 2.76. The van der Waals surface area contributed by atoms with Crippen molar-refractivity contribution in [1.29, 1.82) is 0 Å². The van der Waals surface area contributed by atoms with Gasteiger partial charge in [0.05, 0.1) is 12.4 Å². The molecule has 2 aromatic rings. The molecule has 1 amide bonds. The number of alkyl halides is 2. The third kappa shape index (κ3) is 3.69. The second-order valence-corrected chi connectivity index (χ2v) is 5.65. The van der Waals surface area contributed by atoms with Gasteiger partial charge in [0, 0.05) is 24.4 Å². The lowest BCUT2D eigenvalue weighted by atomic mass is 9.86. The van der Waals surface area contributed by atoms with Crippen LogP contribution in [0.3, 0.4) is 0 Å².